The molecule has 3 rings (SSSR count). The predicted octanol–water partition coefficient (Wildman–Crippen LogP) is 3.94. The molecule has 104 valence electrons. The third kappa shape index (κ3) is 2.34. The topological polar surface area (TPSA) is 40.1 Å². The first-order chi connectivity index (χ1) is 10.1. The van der Waals surface area contributed by atoms with Gasteiger partial charge in [0.1, 0.15) is 0 Å². The second kappa shape index (κ2) is 5.34. The van der Waals surface area contributed by atoms with E-state index in [0.29, 0.717) is 10.0 Å². The summed E-state index contributed by atoms with van der Waals surface area (Å²) in [5.41, 5.74) is 2.73. The van der Waals surface area contributed by atoms with Gasteiger partial charge in [-0.2, -0.15) is 0 Å². The summed E-state index contributed by atoms with van der Waals surface area (Å²) in [5.74, 6) is -1.17. The first-order valence-electron chi connectivity index (χ1n) is 6.58. The van der Waals surface area contributed by atoms with Crippen LogP contribution in [0.4, 0.5) is 0 Å². The number of carbonyl (C=O) groups is 1. The van der Waals surface area contributed by atoms with E-state index in [-0.39, 0.29) is 5.56 Å². The van der Waals surface area contributed by atoms with Crippen molar-refractivity contribution < 1.29 is 9.90 Å². The van der Waals surface area contributed by atoms with Gasteiger partial charge in [0.25, 0.3) is 0 Å². The van der Waals surface area contributed by atoms with Crippen LogP contribution in [0.15, 0.2) is 59.1 Å². The van der Waals surface area contributed by atoms with Gasteiger partial charge in [-0.3, -0.25) is 0 Å². The fourth-order valence-corrected chi connectivity index (χ4v) is 3.16. The number of carboxylic acids is 1. The molecule has 0 saturated heterocycles. The standard InChI is InChI=1S/C18H13BrO2/c1-11-9-10-15(19)17(18(20)21)16(11)14-8-4-6-12-5-2-3-7-13(12)14/h2-10H,1H3,(H,20,21)/p-1. The molecule has 0 bridgehead atoms. The molecule has 0 N–H and O–H groups in total. The number of benzene rings is 3. The van der Waals surface area contributed by atoms with E-state index in [4.69, 9.17) is 0 Å². The number of hydrogen-bond acceptors (Lipinski definition) is 2. The largest absolute Gasteiger partial charge is 0.545 e. The van der Waals surface area contributed by atoms with Crippen LogP contribution < -0.4 is 5.11 Å². The normalized spacial score (nSPS) is 10.8. The smallest absolute Gasteiger partial charge is 0.0733 e. The van der Waals surface area contributed by atoms with Crippen LogP contribution in [0.2, 0.25) is 0 Å². The highest BCUT2D eigenvalue weighted by molar-refractivity contribution is 9.10. The molecule has 0 aromatic heterocycles. The number of carbonyl (C=O) groups excluding carboxylic acids is 1. The third-order valence-electron chi connectivity index (χ3n) is 3.63. The number of rotatable bonds is 2. The highest BCUT2D eigenvalue weighted by atomic mass is 79.9. The van der Waals surface area contributed by atoms with Crippen molar-refractivity contribution in [3.63, 3.8) is 0 Å². The molecule has 3 aromatic carbocycles. The predicted molar refractivity (Wildman–Crippen MR) is 86.2 cm³/mol. The summed E-state index contributed by atoms with van der Waals surface area (Å²) >= 11 is 3.32. The molecule has 0 atom stereocenters. The Kier molecular flexibility index (Phi) is 3.52. The van der Waals surface area contributed by atoms with E-state index in [9.17, 15) is 9.90 Å². The molecule has 0 aliphatic heterocycles. The number of hydrogen-bond donors (Lipinski definition) is 0. The lowest BCUT2D eigenvalue weighted by Gasteiger charge is -2.17. The van der Waals surface area contributed by atoms with Crippen molar-refractivity contribution in [1.82, 2.24) is 0 Å². The van der Waals surface area contributed by atoms with E-state index in [1.54, 1.807) is 6.07 Å². The van der Waals surface area contributed by atoms with Crippen LogP contribution in [0, 0.1) is 6.92 Å². The highest BCUT2D eigenvalue weighted by Crippen LogP contribution is 2.36. The van der Waals surface area contributed by atoms with Gasteiger partial charge in [0.2, 0.25) is 0 Å². The van der Waals surface area contributed by atoms with Crippen molar-refractivity contribution in [1.29, 1.82) is 0 Å². The number of fused-ring (bicyclic) bond motifs is 1. The summed E-state index contributed by atoms with van der Waals surface area (Å²) in [5, 5.41) is 13.7. The second-order valence-corrected chi connectivity index (χ2v) is 5.78. The molecule has 21 heavy (non-hydrogen) atoms. The van der Waals surface area contributed by atoms with Gasteiger partial charge in [-0.1, -0.05) is 64.5 Å². The Morgan fingerprint density at radius 3 is 2.48 bits per heavy atom. The van der Waals surface area contributed by atoms with Crippen molar-refractivity contribution in [2.24, 2.45) is 0 Å². The Balaban J connectivity index is 2.44. The minimum absolute atomic E-state index is 0.200. The maximum Gasteiger partial charge on any atom is 0.0733 e. The number of aromatic carboxylic acids is 1. The molecule has 0 spiro atoms. The van der Waals surface area contributed by atoms with Gasteiger partial charge < -0.3 is 9.90 Å². The van der Waals surface area contributed by atoms with Crippen LogP contribution in [0.3, 0.4) is 0 Å². The molecule has 0 unspecified atom stereocenters. The quantitative estimate of drug-likeness (QED) is 0.709. The Labute approximate surface area is 131 Å². The number of carboxylic acid groups (broad SMARTS) is 1. The summed E-state index contributed by atoms with van der Waals surface area (Å²) in [6, 6.07) is 17.5. The Hall–Kier alpha value is -2.13. The van der Waals surface area contributed by atoms with E-state index >= 15 is 0 Å². The summed E-state index contributed by atoms with van der Waals surface area (Å²) in [7, 11) is 0. The molecule has 2 nitrogen and oxygen atoms in total. The van der Waals surface area contributed by atoms with Crippen molar-refractivity contribution in [3.8, 4) is 11.1 Å². The van der Waals surface area contributed by atoms with Gasteiger partial charge in [0.15, 0.2) is 0 Å². The van der Waals surface area contributed by atoms with Crippen LogP contribution in [0.1, 0.15) is 15.9 Å². The van der Waals surface area contributed by atoms with E-state index < -0.39 is 5.97 Å². The molecule has 0 saturated carbocycles. The van der Waals surface area contributed by atoms with Crippen LogP contribution in [-0.2, 0) is 0 Å². The van der Waals surface area contributed by atoms with E-state index in [0.717, 1.165) is 21.9 Å². The number of halogens is 1. The first-order valence-corrected chi connectivity index (χ1v) is 7.37. The maximum absolute atomic E-state index is 11.6. The van der Waals surface area contributed by atoms with E-state index in [1.807, 2.05) is 55.5 Å². The highest BCUT2D eigenvalue weighted by Gasteiger charge is 2.14. The fraction of sp³-hybridized carbons (Fsp3) is 0.0556. The van der Waals surface area contributed by atoms with Crippen molar-refractivity contribution in [2.45, 2.75) is 6.92 Å². The maximum atomic E-state index is 11.6. The minimum atomic E-state index is -1.17. The summed E-state index contributed by atoms with van der Waals surface area (Å²) < 4.78 is 0.538. The Morgan fingerprint density at radius 1 is 1.00 bits per heavy atom. The van der Waals surface area contributed by atoms with Gasteiger partial charge in [-0.15, -0.1) is 0 Å². The lowest BCUT2D eigenvalue weighted by Crippen LogP contribution is -2.24. The third-order valence-corrected chi connectivity index (χ3v) is 4.29. The molecule has 0 heterocycles. The molecule has 0 fully saturated rings. The van der Waals surface area contributed by atoms with Crippen molar-refractivity contribution in [3.05, 3.63) is 70.2 Å². The summed E-state index contributed by atoms with van der Waals surface area (Å²) in [4.78, 5) is 11.6. The van der Waals surface area contributed by atoms with E-state index in [2.05, 4.69) is 15.9 Å². The summed E-state index contributed by atoms with van der Waals surface area (Å²) in [6.45, 7) is 1.91. The molecule has 0 aliphatic rings. The molecule has 3 aromatic rings. The average Bonchev–Trinajstić information content (AvgIpc) is 2.48. The summed E-state index contributed by atoms with van der Waals surface area (Å²) in [6.07, 6.45) is 0. The van der Waals surface area contributed by atoms with Gasteiger partial charge in [-0.05, 0) is 40.5 Å². The Bertz CT molecular complexity index is 848. The van der Waals surface area contributed by atoms with Gasteiger partial charge in [0.05, 0.1) is 5.97 Å². The molecule has 0 radical (unpaired) electrons. The van der Waals surface area contributed by atoms with Crippen molar-refractivity contribution in [2.75, 3.05) is 0 Å². The SMILES string of the molecule is Cc1ccc(Br)c(C(=O)[O-])c1-c1cccc2ccccc12. The molecule has 0 amide bonds. The number of aryl methyl sites for hydroxylation is 1. The van der Waals surface area contributed by atoms with Gasteiger partial charge in [-0.25, -0.2) is 0 Å². The van der Waals surface area contributed by atoms with Crippen LogP contribution in [0.5, 0.6) is 0 Å². The monoisotopic (exact) mass is 339 g/mol. The molecule has 0 aliphatic carbocycles. The Morgan fingerprint density at radius 2 is 1.71 bits per heavy atom. The van der Waals surface area contributed by atoms with Crippen molar-refractivity contribution >= 4 is 32.7 Å². The van der Waals surface area contributed by atoms with Gasteiger partial charge in [0, 0.05) is 10.0 Å². The van der Waals surface area contributed by atoms with Crippen LogP contribution in [0.25, 0.3) is 21.9 Å². The molecular weight excluding hydrogens is 328 g/mol. The zero-order valence-electron chi connectivity index (χ0n) is 11.4. The molecule has 3 heteroatoms. The van der Waals surface area contributed by atoms with Crippen LogP contribution in [-0.4, -0.2) is 5.97 Å². The lowest BCUT2D eigenvalue weighted by molar-refractivity contribution is -0.255. The molecular formula is C18H12BrO2-. The second-order valence-electron chi connectivity index (χ2n) is 4.93. The average molecular weight is 340 g/mol. The zero-order valence-corrected chi connectivity index (χ0v) is 13.0. The lowest BCUT2D eigenvalue weighted by atomic mass is 9.91. The van der Waals surface area contributed by atoms with Crippen LogP contribution >= 0.6 is 15.9 Å². The zero-order chi connectivity index (χ0) is 15.0. The first kappa shape index (κ1) is 13.8. The fourth-order valence-electron chi connectivity index (χ4n) is 2.67. The van der Waals surface area contributed by atoms with Gasteiger partial charge >= 0.3 is 0 Å². The van der Waals surface area contributed by atoms with E-state index in [1.165, 1.54) is 0 Å². The minimum Gasteiger partial charge on any atom is -0.545 e.